The molecule has 1 aromatic carbocycles. The Kier molecular flexibility index (Phi) is 3.96. The molecule has 1 aromatic heterocycles. The van der Waals surface area contributed by atoms with Crippen LogP contribution in [-0.2, 0) is 6.42 Å². The van der Waals surface area contributed by atoms with Crippen molar-refractivity contribution in [2.75, 3.05) is 12.4 Å². The fraction of sp³-hybridized carbons (Fsp3) is 0.294. The maximum absolute atomic E-state index is 11.0. The van der Waals surface area contributed by atoms with Crippen molar-refractivity contribution in [2.24, 2.45) is 0 Å². The first kappa shape index (κ1) is 14.4. The molecule has 0 bridgehead atoms. The van der Waals surface area contributed by atoms with Crippen LogP contribution in [-0.4, -0.2) is 23.2 Å². The Bertz CT molecular complexity index is 700. The van der Waals surface area contributed by atoms with Crippen LogP contribution in [0.3, 0.4) is 0 Å². The Morgan fingerprint density at radius 3 is 3.00 bits per heavy atom. The molecule has 0 saturated heterocycles. The predicted molar refractivity (Wildman–Crippen MR) is 83.5 cm³/mol. The number of pyridine rings is 1. The molecule has 0 saturated carbocycles. The molecule has 22 heavy (non-hydrogen) atoms. The Morgan fingerprint density at radius 2 is 2.23 bits per heavy atom. The molecule has 2 aromatic rings. The van der Waals surface area contributed by atoms with Crippen molar-refractivity contribution >= 4 is 11.8 Å². The number of nitrogens with zero attached hydrogens (tertiary/aromatic N) is 1. The van der Waals surface area contributed by atoms with Gasteiger partial charge in [-0.25, -0.2) is 9.78 Å². The van der Waals surface area contributed by atoms with Crippen LogP contribution in [0.25, 0.3) is 0 Å². The summed E-state index contributed by atoms with van der Waals surface area (Å²) >= 11 is 0. The first-order valence-corrected chi connectivity index (χ1v) is 7.31. The minimum absolute atomic E-state index is 0.0516. The highest BCUT2D eigenvalue weighted by Crippen LogP contribution is 2.34. The molecule has 0 radical (unpaired) electrons. The van der Waals surface area contributed by atoms with Gasteiger partial charge >= 0.3 is 5.97 Å². The minimum Gasteiger partial charge on any atom is -0.497 e. The monoisotopic (exact) mass is 298 g/mol. The molecule has 0 spiro atoms. The van der Waals surface area contributed by atoms with E-state index in [1.165, 1.54) is 17.2 Å². The number of aryl methyl sites for hydroxylation is 1. The number of aromatic carboxylic acids is 1. The summed E-state index contributed by atoms with van der Waals surface area (Å²) in [6.07, 6.45) is 3.11. The molecule has 0 amide bonds. The number of hydrogen-bond acceptors (Lipinski definition) is 4. The number of nitrogens with one attached hydrogen (secondary N) is 1. The van der Waals surface area contributed by atoms with Crippen molar-refractivity contribution in [3.63, 3.8) is 0 Å². The van der Waals surface area contributed by atoms with Crippen LogP contribution in [0.15, 0.2) is 36.4 Å². The molecule has 114 valence electrons. The van der Waals surface area contributed by atoms with Gasteiger partial charge in [0.15, 0.2) is 5.69 Å². The van der Waals surface area contributed by atoms with Crippen molar-refractivity contribution in [1.29, 1.82) is 0 Å². The lowest BCUT2D eigenvalue weighted by molar-refractivity contribution is 0.0690. The van der Waals surface area contributed by atoms with E-state index in [1.807, 2.05) is 6.07 Å². The van der Waals surface area contributed by atoms with E-state index in [2.05, 4.69) is 22.4 Å². The summed E-state index contributed by atoms with van der Waals surface area (Å²) in [6.45, 7) is 0. The number of carbonyl (C=O) groups is 1. The van der Waals surface area contributed by atoms with E-state index in [4.69, 9.17) is 9.84 Å². The van der Waals surface area contributed by atoms with Gasteiger partial charge in [0.25, 0.3) is 0 Å². The van der Waals surface area contributed by atoms with Crippen LogP contribution in [0.1, 0.15) is 40.5 Å². The average molecular weight is 298 g/mol. The van der Waals surface area contributed by atoms with Gasteiger partial charge in [-0.15, -0.1) is 0 Å². The summed E-state index contributed by atoms with van der Waals surface area (Å²) in [5.74, 6) is 0.441. The third-order valence-electron chi connectivity index (χ3n) is 3.95. The van der Waals surface area contributed by atoms with Crippen molar-refractivity contribution in [3.8, 4) is 5.75 Å². The summed E-state index contributed by atoms with van der Waals surface area (Å²) in [7, 11) is 1.67. The lowest BCUT2D eigenvalue weighted by Gasteiger charge is -2.27. The highest BCUT2D eigenvalue weighted by Gasteiger charge is 2.21. The Balaban J connectivity index is 1.85. The number of hydrogen-bond donors (Lipinski definition) is 2. The Morgan fingerprint density at radius 1 is 1.36 bits per heavy atom. The molecule has 1 atom stereocenters. The number of anilines is 1. The molecule has 2 N–H and O–H groups in total. The highest BCUT2D eigenvalue weighted by molar-refractivity contribution is 5.85. The zero-order valence-electron chi connectivity index (χ0n) is 12.4. The Hall–Kier alpha value is -2.56. The molecule has 0 fully saturated rings. The zero-order valence-corrected chi connectivity index (χ0v) is 12.4. The van der Waals surface area contributed by atoms with E-state index in [1.54, 1.807) is 19.2 Å². The topological polar surface area (TPSA) is 71.5 Å². The van der Waals surface area contributed by atoms with Crippen molar-refractivity contribution in [3.05, 3.63) is 53.2 Å². The van der Waals surface area contributed by atoms with E-state index in [-0.39, 0.29) is 11.7 Å². The van der Waals surface area contributed by atoms with Crippen molar-refractivity contribution < 1.29 is 14.6 Å². The second kappa shape index (κ2) is 6.05. The maximum Gasteiger partial charge on any atom is 0.354 e. The van der Waals surface area contributed by atoms with Crippen LogP contribution < -0.4 is 10.1 Å². The van der Waals surface area contributed by atoms with Gasteiger partial charge in [0.2, 0.25) is 0 Å². The second-order valence-electron chi connectivity index (χ2n) is 5.37. The van der Waals surface area contributed by atoms with Crippen molar-refractivity contribution in [1.82, 2.24) is 4.98 Å². The number of aromatic nitrogens is 1. The standard InChI is InChI=1S/C17H18N2O3/c1-22-12-8-9-13-11(10-12)4-2-5-14(13)18-16-7-3-6-15(19-16)17(20)21/h3,6-10,14H,2,4-5H2,1H3,(H,18,19)(H,20,21). The summed E-state index contributed by atoms with van der Waals surface area (Å²) in [5.41, 5.74) is 2.56. The number of methoxy groups -OCH3 is 1. The van der Waals surface area contributed by atoms with Crippen LogP contribution in [0.5, 0.6) is 5.75 Å². The summed E-state index contributed by atoms with van der Waals surface area (Å²) in [5, 5.41) is 12.4. The van der Waals surface area contributed by atoms with Gasteiger partial charge in [0.1, 0.15) is 11.6 Å². The molecular weight excluding hydrogens is 280 g/mol. The number of fused-ring (bicyclic) bond motifs is 1. The van der Waals surface area contributed by atoms with Gasteiger partial charge in [0, 0.05) is 0 Å². The smallest absolute Gasteiger partial charge is 0.354 e. The molecule has 1 aliphatic carbocycles. The third kappa shape index (κ3) is 2.88. The van der Waals surface area contributed by atoms with E-state index >= 15 is 0 Å². The molecule has 1 heterocycles. The molecule has 5 nitrogen and oxygen atoms in total. The molecule has 3 rings (SSSR count). The van der Waals surface area contributed by atoms with Gasteiger partial charge in [-0.2, -0.15) is 0 Å². The normalized spacial score (nSPS) is 16.7. The van der Waals surface area contributed by atoms with Gasteiger partial charge in [0.05, 0.1) is 13.2 Å². The number of carboxylic acids is 1. The minimum atomic E-state index is -1.02. The number of benzene rings is 1. The van der Waals surface area contributed by atoms with Gasteiger partial charge < -0.3 is 15.2 Å². The second-order valence-corrected chi connectivity index (χ2v) is 5.37. The highest BCUT2D eigenvalue weighted by atomic mass is 16.5. The average Bonchev–Trinajstić information content (AvgIpc) is 2.55. The fourth-order valence-corrected chi connectivity index (χ4v) is 2.88. The summed E-state index contributed by atoms with van der Waals surface area (Å²) in [4.78, 5) is 15.1. The predicted octanol–water partition coefficient (Wildman–Crippen LogP) is 3.28. The van der Waals surface area contributed by atoms with Crippen LogP contribution >= 0.6 is 0 Å². The van der Waals surface area contributed by atoms with E-state index in [0.29, 0.717) is 5.82 Å². The number of ether oxygens (including phenoxy) is 1. The van der Waals surface area contributed by atoms with Crippen LogP contribution in [0.4, 0.5) is 5.82 Å². The maximum atomic E-state index is 11.0. The van der Waals surface area contributed by atoms with E-state index < -0.39 is 5.97 Å². The quantitative estimate of drug-likeness (QED) is 0.906. The van der Waals surface area contributed by atoms with Gasteiger partial charge in [-0.05, 0) is 54.7 Å². The van der Waals surface area contributed by atoms with Gasteiger partial charge in [-0.3, -0.25) is 0 Å². The molecule has 1 unspecified atom stereocenters. The lowest BCUT2D eigenvalue weighted by atomic mass is 9.87. The largest absolute Gasteiger partial charge is 0.497 e. The summed E-state index contributed by atoms with van der Waals surface area (Å²) < 4.78 is 5.28. The molecular formula is C17H18N2O3. The SMILES string of the molecule is COc1ccc2c(c1)CCCC2Nc1cccc(C(=O)O)n1. The lowest BCUT2D eigenvalue weighted by Crippen LogP contribution is -2.18. The van der Waals surface area contributed by atoms with E-state index in [0.717, 1.165) is 25.0 Å². The van der Waals surface area contributed by atoms with Crippen LogP contribution in [0.2, 0.25) is 0 Å². The first-order chi connectivity index (χ1) is 10.7. The third-order valence-corrected chi connectivity index (χ3v) is 3.95. The first-order valence-electron chi connectivity index (χ1n) is 7.31. The number of carboxylic acid groups (broad SMARTS) is 1. The Labute approximate surface area is 129 Å². The van der Waals surface area contributed by atoms with Gasteiger partial charge in [-0.1, -0.05) is 12.1 Å². The zero-order chi connectivity index (χ0) is 15.5. The molecule has 0 aliphatic heterocycles. The van der Waals surface area contributed by atoms with Crippen LogP contribution in [0, 0.1) is 0 Å². The van der Waals surface area contributed by atoms with Crippen molar-refractivity contribution in [2.45, 2.75) is 25.3 Å². The summed E-state index contributed by atoms with van der Waals surface area (Å²) in [6, 6.07) is 11.2. The fourth-order valence-electron chi connectivity index (χ4n) is 2.88. The number of rotatable bonds is 4. The van der Waals surface area contributed by atoms with E-state index in [9.17, 15) is 4.79 Å². The molecule has 5 heteroatoms. The molecule has 1 aliphatic rings.